The van der Waals surface area contributed by atoms with Crippen LogP contribution in [0.3, 0.4) is 0 Å². The van der Waals surface area contributed by atoms with Crippen molar-refractivity contribution in [3.63, 3.8) is 0 Å². The van der Waals surface area contributed by atoms with Gasteiger partial charge in [0, 0.05) is 12.5 Å². The summed E-state index contributed by atoms with van der Waals surface area (Å²) in [6.07, 6.45) is 7.36. The molecular weight excluding hydrogens is 414 g/mol. The first-order chi connectivity index (χ1) is 14.7. The lowest BCUT2D eigenvalue weighted by atomic mass is 9.86. The number of ether oxygens (including phenoxy) is 1. The van der Waals surface area contributed by atoms with Crippen molar-refractivity contribution in [1.82, 2.24) is 9.78 Å². The van der Waals surface area contributed by atoms with Crippen LogP contribution >= 0.6 is 11.8 Å². The maximum absolute atomic E-state index is 12.7. The Morgan fingerprint density at radius 3 is 2.58 bits per heavy atom. The molecule has 0 saturated heterocycles. The monoisotopic (exact) mass is 445 g/mol. The molecule has 0 amide bonds. The maximum atomic E-state index is 12.7. The van der Waals surface area contributed by atoms with E-state index in [2.05, 4.69) is 5.10 Å². The van der Waals surface area contributed by atoms with Crippen LogP contribution in [0, 0.1) is 23.0 Å². The summed E-state index contributed by atoms with van der Waals surface area (Å²) < 4.78 is 7.56. The van der Waals surface area contributed by atoms with Crippen molar-refractivity contribution >= 4 is 23.4 Å². The van der Waals surface area contributed by atoms with Crippen LogP contribution in [0.5, 0.6) is 5.88 Å². The minimum absolute atomic E-state index is 0.0185. The van der Waals surface area contributed by atoms with Gasteiger partial charge in [-0.05, 0) is 46.1 Å². The van der Waals surface area contributed by atoms with Gasteiger partial charge in [-0.25, -0.2) is 4.68 Å². The van der Waals surface area contributed by atoms with Gasteiger partial charge >= 0.3 is 5.97 Å². The molecule has 0 bridgehead atoms. The lowest BCUT2D eigenvalue weighted by molar-refractivity contribution is -0.387. The molecule has 1 aromatic carbocycles. The van der Waals surface area contributed by atoms with Gasteiger partial charge in [0.05, 0.1) is 25.9 Å². The van der Waals surface area contributed by atoms with Crippen LogP contribution in [0.1, 0.15) is 71.4 Å². The number of aryl methyl sites for hydroxylation is 1. The minimum atomic E-state index is -0.412. The van der Waals surface area contributed by atoms with Crippen LogP contribution in [0.2, 0.25) is 0 Å². The summed E-state index contributed by atoms with van der Waals surface area (Å²) in [5.41, 5.74) is 0.281. The smallest absolute Gasteiger partial charge is 0.312 e. The Morgan fingerprint density at radius 1 is 1.26 bits per heavy atom. The fourth-order valence-electron chi connectivity index (χ4n) is 3.91. The van der Waals surface area contributed by atoms with Crippen LogP contribution in [-0.4, -0.2) is 20.7 Å². The highest BCUT2D eigenvalue weighted by Gasteiger charge is 2.29. The Kier molecular flexibility index (Phi) is 7.41. The van der Waals surface area contributed by atoms with E-state index in [-0.39, 0.29) is 11.7 Å². The summed E-state index contributed by atoms with van der Waals surface area (Å²) in [5, 5.41) is 16.0. The number of para-hydroxylation sites is 1. The summed E-state index contributed by atoms with van der Waals surface area (Å²) in [7, 11) is 0. The number of carbonyl (C=O) groups excluding carboxylic acids is 1. The molecule has 7 nitrogen and oxygen atoms in total. The van der Waals surface area contributed by atoms with Crippen LogP contribution in [0.25, 0.3) is 0 Å². The number of nitrogens with zero attached hydrogens (tertiary/aromatic N) is 3. The van der Waals surface area contributed by atoms with Gasteiger partial charge in [-0.15, -0.1) is 0 Å². The SMILES string of the molecule is Cc1nn(C(C)(C)C)c(OC(=O)CCC2CCCCC2)c1Sc1ccccc1[N+](=O)[O-]. The van der Waals surface area contributed by atoms with E-state index in [9.17, 15) is 14.9 Å². The highest BCUT2D eigenvalue weighted by molar-refractivity contribution is 7.99. The molecule has 0 spiro atoms. The Bertz CT molecular complexity index is 943. The number of benzene rings is 1. The second-order valence-electron chi connectivity index (χ2n) is 9.15. The zero-order chi connectivity index (χ0) is 22.6. The molecule has 1 saturated carbocycles. The molecule has 2 aromatic rings. The average molecular weight is 446 g/mol. The number of hydrogen-bond acceptors (Lipinski definition) is 6. The number of carbonyl (C=O) groups is 1. The predicted octanol–water partition coefficient (Wildman–Crippen LogP) is 6.27. The van der Waals surface area contributed by atoms with Crippen molar-refractivity contribution in [2.24, 2.45) is 5.92 Å². The maximum Gasteiger partial charge on any atom is 0.312 e. The van der Waals surface area contributed by atoms with Crippen LogP contribution in [0.15, 0.2) is 34.1 Å². The summed E-state index contributed by atoms with van der Waals surface area (Å²) in [6.45, 7) is 7.79. The fourth-order valence-corrected chi connectivity index (χ4v) is 4.93. The average Bonchev–Trinajstić information content (AvgIpc) is 3.03. The molecule has 1 aromatic heterocycles. The highest BCUT2D eigenvalue weighted by Crippen LogP contribution is 2.43. The standard InChI is InChI=1S/C23H31N3O4S/c1-16-21(31-19-13-9-8-12-18(19)26(28)29)22(25(24-16)23(2,3)4)30-20(27)15-14-17-10-6-5-7-11-17/h8-9,12-13,17H,5-7,10-11,14-15H2,1-4H3. The third kappa shape index (κ3) is 5.87. The van der Waals surface area contributed by atoms with E-state index in [1.165, 1.54) is 49.9 Å². The van der Waals surface area contributed by atoms with Crippen LogP contribution < -0.4 is 4.74 Å². The molecule has 1 aliphatic rings. The highest BCUT2D eigenvalue weighted by atomic mass is 32.2. The molecule has 0 aliphatic heterocycles. The van der Waals surface area contributed by atoms with Crippen molar-refractivity contribution < 1.29 is 14.5 Å². The number of hydrogen-bond donors (Lipinski definition) is 0. The van der Waals surface area contributed by atoms with Crippen LogP contribution in [-0.2, 0) is 10.3 Å². The van der Waals surface area contributed by atoms with Gasteiger partial charge in [0.15, 0.2) is 0 Å². The van der Waals surface area contributed by atoms with Gasteiger partial charge in [0.25, 0.3) is 5.69 Å². The van der Waals surface area contributed by atoms with Crippen molar-refractivity contribution in [3.8, 4) is 5.88 Å². The molecule has 8 heteroatoms. The first kappa shape index (κ1) is 23.3. The third-order valence-electron chi connectivity index (χ3n) is 5.57. The second-order valence-corrected chi connectivity index (χ2v) is 10.2. The molecule has 168 valence electrons. The zero-order valence-electron chi connectivity index (χ0n) is 18.7. The van der Waals surface area contributed by atoms with Gasteiger partial charge in [0.2, 0.25) is 5.88 Å². The van der Waals surface area contributed by atoms with Gasteiger partial charge in [-0.1, -0.05) is 56.0 Å². The van der Waals surface area contributed by atoms with Crippen LogP contribution in [0.4, 0.5) is 5.69 Å². The van der Waals surface area contributed by atoms with Gasteiger partial charge in [-0.2, -0.15) is 5.10 Å². The fraction of sp³-hybridized carbons (Fsp3) is 0.565. The normalized spacial score (nSPS) is 15.1. The molecular formula is C23H31N3O4S. The zero-order valence-corrected chi connectivity index (χ0v) is 19.5. The molecule has 1 heterocycles. The molecule has 1 aliphatic carbocycles. The largest absolute Gasteiger partial charge is 0.406 e. The summed E-state index contributed by atoms with van der Waals surface area (Å²) in [5.74, 6) is 0.679. The predicted molar refractivity (Wildman–Crippen MR) is 121 cm³/mol. The van der Waals surface area contributed by atoms with Gasteiger partial charge in [-0.3, -0.25) is 14.9 Å². The Labute approximate surface area is 187 Å². The first-order valence-corrected chi connectivity index (χ1v) is 11.7. The van der Waals surface area contributed by atoms with Crippen molar-refractivity contribution in [2.45, 2.75) is 88.0 Å². The molecule has 0 unspecified atom stereocenters. The van der Waals surface area contributed by atoms with E-state index in [0.29, 0.717) is 33.7 Å². The van der Waals surface area contributed by atoms with E-state index in [0.717, 1.165) is 6.42 Å². The summed E-state index contributed by atoms with van der Waals surface area (Å²) >= 11 is 1.22. The number of esters is 1. The van der Waals surface area contributed by atoms with Crippen molar-refractivity contribution in [1.29, 1.82) is 0 Å². The quantitative estimate of drug-likeness (QED) is 0.283. The van der Waals surface area contributed by atoms with E-state index in [1.807, 2.05) is 27.7 Å². The van der Waals surface area contributed by atoms with Gasteiger partial charge < -0.3 is 4.74 Å². The molecule has 0 radical (unpaired) electrons. The Hall–Kier alpha value is -2.35. The minimum Gasteiger partial charge on any atom is -0.406 e. The molecule has 0 N–H and O–H groups in total. The van der Waals surface area contributed by atoms with E-state index in [4.69, 9.17) is 4.74 Å². The van der Waals surface area contributed by atoms with E-state index >= 15 is 0 Å². The second kappa shape index (κ2) is 9.85. The number of nitro benzene ring substituents is 1. The summed E-state index contributed by atoms with van der Waals surface area (Å²) in [4.78, 5) is 24.9. The first-order valence-electron chi connectivity index (χ1n) is 10.9. The van der Waals surface area contributed by atoms with Crippen molar-refractivity contribution in [2.75, 3.05) is 0 Å². The molecule has 1 fully saturated rings. The van der Waals surface area contributed by atoms with E-state index in [1.54, 1.807) is 22.9 Å². The van der Waals surface area contributed by atoms with Crippen molar-refractivity contribution in [3.05, 3.63) is 40.1 Å². The van der Waals surface area contributed by atoms with E-state index < -0.39 is 10.5 Å². The topological polar surface area (TPSA) is 87.3 Å². The van der Waals surface area contributed by atoms with Gasteiger partial charge in [0.1, 0.15) is 0 Å². The lowest BCUT2D eigenvalue weighted by Crippen LogP contribution is -2.25. The molecule has 31 heavy (non-hydrogen) atoms. The Balaban J connectivity index is 1.85. The number of nitro groups is 1. The summed E-state index contributed by atoms with van der Waals surface area (Å²) in [6, 6.07) is 6.57. The number of rotatable bonds is 7. The molecule has 0 atom stereocenters. The number of aromatic nitrogens is 2. The Morgan fingerprint density at radius 2 is 1.94 bits per heavy atom. The lowest BCUT2D eigenvalue weighted by Gasteiger charge is -2.23. The molecule has 3 rings (SSSR count). The third-order valence-corrected chi connectivity index (χ3v) is 6.81.